The molecule has 0 radical (unpaired) electrons. The van der Waals surface area contributed by atoms with Crippen molar-refractivity contribution in [2.45, 2.75) is 56.8 Å². The van der Waals surface area contributed by atoms with Gasteiger partial charge in [0.25, 0.3) is 5.91 Å². The fraction of sp³-hybridized carbons (Fsp3) is 0.562. The number of hydrogen-bond acceptors (Lipinski definition) is 2. The first-order valence-electron chi connectivity index (χ1n) is 7.51. The van der Waals surface area contributed by atoms with Gasteiger partial charge in [-0.3, -0.25) is 9.69 Å². The first kappa shape index (κ1) is 14.4. The zero-order chi connectivity index (χ0) is 14.8. The predicted molar refractivity (Wildman–Crippen MR) is 76.0 cm³/mol. The normalized spacial score (nSPS) is 28.8. The summed E-state index contributed by atoms with van der Waals surface area (Å²) in [7, 11) is 0. The number of fused-ring (bicyclic) bond motifs is 2. The Morgan fingerprint density at radius 1 is 1.19 bits per heavy atom. The molecule has 3 rings (SSSR count). The van der Waals surface area contributed by atoms with Crippen molar-refractivity contribution in [1.29, 1.82) is 0 Å². The fourth-order valence-electron chi connectivity index (χ4n) is 3.71. The molecular formula is C16H20F2N2O. The summed E-state index contributed by atoms with van der Waals surface area (Å²) in [6, 6.07) is 11.0. The van der Waals surface area contributed by atoms with Crippen LogP contribution in [0.2, 0.25) is 0 Å². The Kier molecular flexibility index (Phi) is 4.19. The Balaban J connectivity index is 1.61. The summed E-state index contributed by atoms with van der Waals surface area (Å²) in [5.41, 5.74) is 1.28. The van der Waals surface area contributed by atoms with E-state index in [-0.39, 0.29) is 6.04 Å². The van der Waals surface area contributed by atoms with E-state index in [1.807, 2.05) is 18.2 Å². The third-order valence-electron chi connectivity index (χ3n) is 4.64. The monoisotopic (exact) mass is 294 g/mol. The number of carbonyl (C=O) groups excluding carboxylic acids is 1. The Morgan fingerprint density at radius 3 is 2.38 bits per heavy atom. The molecule has 5 heteroatoms. The molecule has 2 saturated heterocycles. The number of benzene rings is 1. The molecule has 21 heavy (non-hydrogen) atoms. The van der Waals surface area contributed by atoms with E-state index in [0.717, 1.165) is 32.2 Å². The van der Waals surface area contributed by atoms with Crippen molar-refractivity contribution >= 4 is 5.91 Å². The van der Waals surface area contributed by atoms with Crippen LogP contribution in [0, 0.1) is 0 Å². The van der Waals surface area contributed by atoms with Crippen LogP contribution in [-0.2, 0) is 11.3 Å². The number of rotatable bonds is 4. The highest BCUT2D eigenvalue weighted by molar-refractivity contribution is 5.79. The first-order valence-corrected chi connectivity index (χ1v) is 7.51. The number of alkyl halides is 2. The molecule has 0 spiro atoms. The number of carbonyl (C=O) groups is 1. The van der Waals surface area contributed by atoms with Gasteiger partial charge in [0.1, 0.15) is 0 Å². The zero-order valence-corrected chi connectivity index (χ0v) is 11.8. The zero-order valence-electron chi connectivity index (χ0n) is 11.8. The molecule has 0 saturated carbocycles. The van der Waals surface area contributed by atoms with Crippen LogP contribution in [-0.4, -0.2) is 35.4 Å². The minimum atomic E-state index is -2.91. The van der Waals surface area contributed by atoms with Gasteiger partial charge in [0.15, 0.2) is 0 Å². The maximum Gasteiger partial charge on any atom is 0.315 e. The van der Waals surface area contributed by atoms with Crippen LogP contribution in [0.3, 0.4) is 0 Å². The number of nitrogens with one attached hydrogen (secondary N) is 1. The van der Waals surface area contributed by atoms with Crippen molar-refractivity contribution < 1.29 is 13.6 Å². The maximum absolute atomic E-state index is 12.3. The van der Waals surface area contributed by atoms with Gasteiger partial charge in [0, 0.05) is 24.7 Å². The number of amides is 1. The highest BCUT2D eigenvalue weighted by Crippen LogP contribution is 2.36. The summed E-state index contributed by atoms with van der Waals surface area (Å²) >= 11 is 0. The maximum atomic E-state index is 12.3. The molecule has 1 N–H and O–H groups in total. The number of hydrogen-bond donors (Lipinski definition) is 1. The molecule has 0 aliphatic carbocycles. The van der Waals surface area contributed by atoms with Crippen LogP contribution in [0.15, 0.2) is 30.3 Å². The molecule has 0 aromatic heterocycles. The number of nitrogens with zero attached hydrogens (tertiary/aromatic N) is 1. The molecule has 2 fully saturated rings. The molecule has 1 aromatic rings. The Labute approximate surface area is 123 Å². The van der Waals surface area contributed by atoms with Crippen molar-refractivity contribution in [1.82, 2.24) is 10.2 Å². The Bertz CT molecular complexity index is 480. The van der Waals surface area contributed by atoms with Crippen molar-refractivity contribution in [3.05, 3.63) is 35.9 Å². The quantitative estimate of drug-likeness (QED) is 0.925. The molecule has 1 aromatic carbocycles. The third kappa shape index (κ3) is 3.23. The lowest BCUT2D eigenvalue weighted by molar-refractivity contribution is -0.133. The van der Waals surface area contributed by atoms with E-state index in [9.17, 15) is 13.6 Å². The van der Waals surface area contributed by atoms with Crippen LogP contribution in [0.4, 0.5) is 8.78 Å². The highest BCUT2D eigenvalue weighted by atomic mass is 19.3. The number of piperidine rings is 1. The van der Waals surface area contributed by atoms with Gasteiger partial charge in [0.2, 0.25) is 0 Å². The van der Waals surface area contributed by atoms with E-state index in [0.29, 0.717) is 12.1 Å². The molecule has 2 aliphatic rings. The van der Waals surface area contributed by atoms with Crippen LogP contribution >= 0.6 is 0 Å². The van der Waals surface area contributed by atoms with E-state index >= 15 is 0 Å². The van der Waals surface area contributed by atoms with Crippen molar-refractivity contribution in [3.8, 4) is 0 Å². The Hall–Kier alpha value is -1.49. The van der Waals surface area contributed by atoms with Crippen LogP contribution in [0.25, 0.3) is 0 Å². The average molecular weight is 294 g/mol. The topological polar surface area (TPSA) is 32.3 Å². The van der Waals surface area contributed by atoms with Crippen LogP contribution < -0.4 is 5.32 Å². The van der Waals surface area contributed by atoms with E-state index in [1.54, 1.807) is 0 Å². The predicted octanol–water partition coefficient (Wildman–Crippen LogP) is 2.56. The van der Waals surface area contributed by atoms with Gasteiger partial charge in [-0.05, 0) is 31.2 Å². The molecule has 2 bridgehead atoms. The lowest BCUT2D eigenvalue weighted by Crippen LogP contribution is -2.50. The molecule has 1 amide bonds. The minimum absolute atomic E-state index is 0.101. The van der Waals surface area contributed by atoms with Crippen molar-refractivity contribution in [2.75, 3.05) is 0 Å². The van der Waals surface area contributed by atoms with Gasteiger partial charge >= 0.3 is 6.43 Å². The minimum Gasteiger partial charge on any atom is -0.348 e. The Morgan fingerprint density at radius 2 is 1.81 bits per heavy atom. The highest BCUT2D eigenvalue weighted by Gasteiger charge is 2.41. The summed E-state index contributed by atoms with van der Waals surface area (Å²) < 4.78 is 24.7. The first-order chi connectivity index (χ1) is 10.1. The SMILES string of the molecule is O=C(NC1C[C@H]2CC[C@@H](C1)N2Cc1ccccc1)C(F)F. The van der Waals surface area contributed by atoms with Crippen molar-refractivity contribution in [2.24, 2.45) is 0 Å². The van der Waals surface area contributed by atoms with Gasteiger partial charge in [-0.25, -0.2) is 0 Å². The molecule has 3 nitrogen and oxygen atoms in total. The summed E-state index contributed by atoms with van der Waals surface area (Å²) in [6.45, 7) is 0.908. The lowest BCUT2D eigenvalue weighted by Gasteiger charge is -2.39. The fourth-order valence-corrected chi connectivity index (χ4v) is 3.71. The van der Waals surface area contributed by atoms with E-state index in [2.05, 4.69) is 22.3 Å². The molecule has 3 atom stereocenters. The van der Waals surface area contributed by atoms with Crippen LogP contribution in [0.5, 0.6) is 0 Å². The van der Waals surface area contributed by atoms with Gasteiger partial charge in [-0.2, -0.15) is 8.78 Å². The van der Waals surface area contributed by atoms with Crippen LogP contribution in [0.1, 0.15) is 31.2 Å². The van der Waals surface area contributed by atoms with E-state index in [4.69, 9.17) is 0 Å². The second-order valence-electron chi connectivity index (χ2n) is 6.02. The molecule has 1 unspecified atom stereocenters. The summed E-state index contributed by atoms with van der Waals surface area (Å²) in [5, 5.41) is 2.49. The standard InChI is InChI=1S/C16H20F2N2O/c17-15(18)16(21)19-12-8-13-6-7-14(9-12)20(13)10-11-4-2-1-3-5-11/h1-5,12-15H,6-10H2,(H,19,21)/t12?,13-,14+. The summed E-state index contributed by atoms with van der Waals surface area (Å²) in [5.74, 6) is -1.13. The van der Waals surface area contributed by atoms with Gasteiger partial charge in [-0.1, -0.05) is 30.3 Å². The van der Waals surface area contributed by atoms with Gasteiger partial charge in [-0.15, -0.1) is 0 Å². The summed E-state index contributed by atoms with van der Waals surface area (Å²) in [6.07, 6.45) is 0.839. The molecular weight excluding hydrogens is 274 g/mol. The van der Waals surface area contributed by atoms with Crippen molar-refractivity contribution in [3.63, 3.8) is 0 Å². The third-order valence-corrected chi connectivity index (χ3v) is 4.64. The van der Waals surface area contributed by atoms with E-state index in [1.165, 1.54) is 5.56 Å². The summed E-state index contributed by atoms with van der Waals surface area (Å²) in [4.78, 5) is 13.6. The number of halogens is 2. The molecule has 2 aliphatic heterocycles. The second kappa shape index (κ2) is 6.10. The smallest absolute Gasteiger partial charge is 0.315 e. The lowest BCUT2D eigenvalue weighted by atomic mass is 9.96. The average Bonchev–Trinajstić information content (AvgIpc) is 2.71. The largest absolute Gasteiger partial charge is 0.348 e. The molecule has 114 valence electrons. The van der Waals surface area contributed by atoms with Gasteiger partial charge < -0.3 is 5.32 Å². The second-order valence-corrected chi connectivity index (χ2v) is 6.02. The van der Waals surface area contributed by atoms with Gasteiger partial charge in [0.05, 0.1) is 0 Å². The molecule has 2 heterocycles. The van der Waals surface area contributed by atoms with E-state index < -0.39 is 12.3 Å².